The van der Waals surface area contributed by atoms with E-state index in [4.69, 9.17) is 5.26 Å². The average Bonchev–Trinajstić information content (AvgIpc) is 3.39. The Morgan fingerprint density at radius 1 is 1.28 bits per heavy atom. The first-order valence-corrected chi connectivity index (χ1v) is 10.3. The summed E-state index contributed by atoms with van der Waals surface area (Å²) in [6.45, 7) is 0.748. The van der Waals surface area contributed by atoms with E-state index in [0.717, 1.165) is 12.8 Å². The molecule has 0 radical (unpaired) electrons. The van der Waals surface area contributed by atoms with Crippen LogP contribution in [0.5, 0.6) is 0 Å². The second-order valence-corrected chi connectivity index (χ2v) is 8.31. The zero-order chi connectivity index (χ0) is 20.6. The van der Waals surface area contributed by atoms with Crippen LogP contribution in [0.1, 0.15) is 34.3 Å². The summed E-state index contributed by atoms with van der Waals surface area (Å²) in [5.41, 5.74) is 0.216. The Morgan fingerprint density at radius 2 is 2.03 bits per heavy atom. The molecule has 8 nitrogen and oxygen atoms in total. The molecular weight excluding hydrogens is 397 g/mol. The standard InChI is InChI=1S/C19H16FN5O3S/c20-17-13(4-3-5-16(17)24-29(27,28)25-6-1-2-7-25)18(26)15-11-23-19-14(15)8-12(9-21)10-22-19/h3-5,8,10-11,24H,1-2,6-7H2,(H,22,23). The van der Waals surface area contributed by atoms with Gasteiger partial charge in [0.05, 0.1) is 16.8 Å². The minimum Gasteiger partial charge on any atom is -0.345 e. The average molecular weight is 413 g/mol. The van der Waals surface area contributed by atoms with E-state index in [-0.39, 0.29) is 22.4 Å². The number of carbonyl (C=O) groups is 1. The number of benzene rings is 1. The van der Waals surface area contributed by atoms with Gasteiger partial charge >= 0.3 is 10.2 Å². The Morgan fingerprint density at radius 3 is 2.76 bits per heavy atom. The number of anilines is 1. The fourth-order valence-corrected chi connectivity index (χ4v) is 4.62. The summed E-state index contributed by atoms with van der Waals surface area (Å²) in [5, 5.41) is 9.43. The Bertz CT molecular complexity index is 1260. The molecule has 1 aromatic carbocycles. The number of hydrogen-bond donors (Lipinski definition) is 2. The van der Waals surface area contributed by atoms with Crippen molar-refractivity contribution in [3.8, 4) is 6.07 Å². The van der Waals surface area contributed by atoms with Gasteiger partial charge < -0.3 is 4.98 Å². The molecule has 4 rings (SSSR count). The number of pyridine rings is 1. The number of aromatic amines is 1. The second kappa shape index (κ2) is 7.27. The molecule has 3 heterocycles. The first-order chi connectivity index (χ1) is 13.9. The molecule has 0 saturated carbocycles. The zero-order valence-electron chi connectivity index (χ0n) is 15.1. The maximum Gasteiger partial charge on any atom is 0.301 e. The number of hydrogen-bond acceptors (Lipinski definition) is 5. The Labute approximate surface area is 166 Å². The number of carbonyl (C=O) groups excluding carboxylic acids is 1. The van der Waals surface area contributed by atoms with Gasteiger partial charge in [0.15, 0.2) is 11.6 Å². The van der Waals surface area contributed by atoms with Gasteiger partial charge in [0.1, 0.15) is 11.7 Å². The van der Waals surface area contributed by atoms with E-state index in [1.165, 1.54) is 41.0 Å². The molecule has 0 unspecified atom stereocenters. The highest BCUT2D eigenvalue weighted by Gasteiger charge is 2.27. The highest BCUT2D eigenvalue weighted by atomic mass is 32.2. The maximum atomic E-state index is 15.0. The SMILES string of the molecule is N#Cc1cnc2[nH]cc(C(=O)c3cccc(NS(=O)(=O)N4CCCC4)c3F)c2c1. The van der Waals surface area contributed by atoms with Gasteiger partial charge in [0, 0.05) is 36.4 Å². The van der Waals surface area contributed by atoms with Crippen LogP contribution in [-0.2, 0) is 10.2 Å². The summed E-state index contributed by atoms with van der Waals surface area (Å²) in [5.74, 6) is -1.60. The van der Waals surface area contributed by atoms with Gasteiger partial charge in [-0.3, -0.25) is 9.52 Å². The second-order valence-electron chi connectivity index (χ2n) is 6.64. The fourth-order valence-electron chi connectivity index (χ4n) is 3.32. The molecular formula is C19H16FN5O3S. The maximum absolute atomic E-state index is 15.0. The number of nitrogens with one attached hydrogen (secondary N) is 2. The lowest BCUT2D eigenvalue weighted by Gasteiger charge is -2.17. The molecule has 148 valence electrons. The Kier molecular flexibility index (Phi) is 4.77. The van der Waals surface area contributed by atoms with Crippen molar-refractivity contribution in [2.45, 2.75) is 12.8 Å². The van der Waals surface area contributed by atoms with Gasteiger partial charge in [-0.2, -0.15) is 18.0 Å². The minimum absolute atomic E-state index is 0.142. The first-order valence-electron chi connectivity index (χ1n) is 8.89. The van der Waals surface area contributed by atoms with E-state index in [1.54, 1.807) is 0 Å². The van der Waals surface area contributed by atoms with Crippen LogP contribution >= 0.6 is 0 Å². The van der Waals surface area contributed by atoms with E-state index in [9.17, 15) is 13.2 Å². The third kappa shape index (κ3) is 3.46. The van der Waals surface area contributed by atoms with Gasteiger partial charge in [-0.25, -0.2) is 9.37 Å². The summed E-state index contributed by atoms with van der Waals surface area (Å²) in [7, 11) is -3.90. The smallest absolute Gasteiger partial charge is 0.301 e. The van der Waals surface area contributed by atoms with E-state index in [1.807, 2.05) is 6.07 Å². The van der Waals surface area contributed by atoms with E-state index < -0.39 is 21.8 Å². The fraction of sp³-hybridized carbons (Fsp3) is 0.211. The van der Waals surface area contributed by atoms with Gasteiger partial charge in [-0.1, -0.05) is 6.07 Å². The lowest BCUT2D eigenvalue weighted by molar-refractivity contribution is 0.103. The predicted octanol–water partition coefficient (Wildman–Crippen LogP) is 2.56. The Balaban J connectivity index is 1.70. The van der Waals surface area contributed by atoms with Crippen molar-refractivity contribution in [2.24, 2.45) is 0 Å². The lowest BCUT2D eigenvalue weighted by Crippen LogP contribution is -2.33. The van der Waals surface area contributed by atoms with Crippen LogP contribution in [0.25, 0.3) is 11.0 Å². The Hall–Kier alpha value is -3.29. The largest absolute Gasteiger partial charge is 0.345 e. The molecule has 2 N–H and O–H groups in total. The van der Waals surface area contributed by atoms with Crippen LogP contribution in [0, 0.1) is 17.1 Å². The molecule has 1 aliphatic heterocycles. The van der Waals surface area contributed by atoms with Crippen molar-refractivity contribution < 1.29 is 17.6 Å². The molecule has 10 heteroatoms. The van der Waals surface area contributed by atoms with Crippen molar-refractivity contribution in [2.75, 3.05) is 17.8 Å². The van der Waals surface area contributed by atoms with E-state index >= 15 is 4.39 Å². The van der Waals surface area contributed by atoms with E-state index in [2.05, 4.69) is 14.7 Å². The number of aromatic nitrogens is 2. The first kappa shape index (κ1) is 19.0. The molecule has 0 atom stereocenters. The van der Waals surface area contributed by atoms with Crippen LogP contribution in [0.3, 0.4) is 0 Å². The molecule has 0 amide bonds. The van der Waals surface area contributed by atoms with Crippen molar-refractivity contribution in [3.63, 3.8) is 0 Å². The van der Waals surface area contributed by atoms with Crippen molar-refractivity contribution in [3.05, 3.63) is 59.2 Å². The number of H-pyrrole nitrogens is 1. The molecule has 0 aliphatic carbocycles. The summed E-state index contributed by atoms with van der Waals surface area (Å²) < 4.78 is 43.4. The number of halogens is 1. The number of rotatable bonds is 5. The summed E-state index contributed by atoms with van der Waals surface area (Å²) in [6, 6.07) is 7.39. The van der Waals surface area contributed by atoms with Gasteiger partial charge in [-0.15, -0.1) is 0 Å². The van der Waals surface area contributed by atoms with Crippen LogP contribution < -0.4 is 4.72 Å². The number of nitriles is 1. The minimum atomic E-state index is -3.90. The summed E-state index contributed by atoms with van der Waals surface area (Å²) in [4.78, 5) is 19.8. The van der Waals surface area contributed by atoms with Crippen molar-refractivity contribution in [1.29, 1.82) is 5.26 Å². The van der Waals surface area contributed by atoms with Crippen LogP contribution in [0.2, 0.25) is 0 Å². The molecule has 3 aromatic rings. The summed E-state index contributed by atoms with van der Waals surface area (Å²) in [6.07, 6.45) is 4.26. The van der Waals surface area contributed by atoms with Crippen LogP contribution in [-0.4, -0.2) is 41.6 Å². The highest BCUT2D eigenvalue weighted by Crippen LogP contribution is 2.26. The van der Waals surface area contributed by atoms with Crippen molar-refractivity contribution >= 4 is 32.7 Å². The monoisotopic (exact) mass is 413 g/mol. The molecule has 29 heavy (non-hydrogen) atoms. The van der Waals surface area contributed by atoms with Crippen LogP contribution in [0.15, 0.2) is 36.7 Å². The highest BCUT2D eigenvalue weighted by molar-refractivity contribution is 7.90. The topological polar surface area (TPSA) is 119 Å². The molecule has 1 fully saturated rings. The number of fused-ring (bicyclic) bond motifs is 1. The molecule has 1 aliphatic rings. The lowest BCUT2D eigenvalue weighted by atomic mass is 10.0. The molecule has 2 aromatic heterocycles. The molecule has 0 spiro atoms. The summed E-state index contributed by atoms with van der Waals surface area (Å²) >= 11 is 0. The van der Waals surface area contributed by atoms with Gasteiger partial charge in [0.25, 0.3) is 0 Å². The number of ketones is 1. The third-order valence-electron chi connectivity index (χ3n) is 4.79. The molecule has 0 bridgehead atoms. The van der Waals surface area contributed by atoms with Gasteiger partial charge in [0.2, 0.25) is 0 Å². The normalized spacial score (nSPS) is 14.8. The van der Waals surface area contributed by atoms with Gasteiger partial charge in [-0.05, 0) is 31.0 Å². The zero-order valence-corrected chi connectivity index (χ0v) is 16.0. The van der Waals surface area contributed by atoms with E-state index in [0.29, 0.717) is 24.1 Å². The van der Waals surface area contributed by atoms with Crippen molar-refractivity contribution in [1.82, 2.24) is 14.3 Å². The molecule has 1 saturated heterocycles. The quantitative estimate of drug-likeness (QED) is 0.623. The third-order valence-corrected chi connectivity index (χ3v) is 6.31. The predicted molar refractivity (Wildman–Crippen MR) is 104 cm³/mol. The van der Waals surface area contributed by atoms with Crippen LogP contribution in [0.4, 0.5) is 10.1 Å². The number of nitrogens with zero attached hydrogens (tertiary/aromatic N) is 3.